The molecule has 0 spiro atoms. The zero-order valence-corrected chi connectivity index (χ0v) is 22.4. The quantitative estimate of drug-likeness (QED) is 0.312. The number of hydrogen-bond donors (Lipinski definition) is 4. The van der Waals surface area contributed by atoms with Gasteiger partial charge in [-0.3, -0.25) is 19.4 Å². The van der Waals surface area contributed by atoms with Gasteiger partial charge in [0.15, 0.2) is 11.5 Å². The van der Waals surface area contributed by atoms with Gasteiger partial charge in [0, 0.05) is 35.6 Å². The second-order valence-corrected chi connectivity index (χ2v) is 8.84. The average molecular weight is 555 g/mol. The highest BCUT2D eigenvalue weighted by Crippen LogP contribution is 2.38. The topological polar surface area (TPSA) is 139 Å². The molecular weight excluding hydrogens is 524 g/mol. The van der Waals surface area contributed by atoms with E-state index in [0.29, 0.717) is 29.8 Å². The first-order valence-electron chi connectivity index (χ1n) is 12.2. The summed E-state index contributed by atoms with van der Waals surface area (Å²) in [6, 6.07) is 11.7. The number of carbonyl (C=O) groups excluding carboxylic acids is 3. The maximum atomic E-state index is 13.2. The molecule has 10 nitrogen and oxygen atoms in total. The van der Waals surface area contributed by atoms with Gasteiger partial charge in [-0.05, 0) is 55.8 Å². The Kier molecular flexibility index (Phi) is 10.2. The molecule has 206 valence electrons. The van der Waals surface area contributed by atoms with E-state index >= 15 is 0 Å². The Hall–Kier alpha value is -4.15. The molecule has 2 amide bonds. The minimum Gasteiger partial charge on any atom is -0.507 e. The maximum absolute atomic E-state index is 13.2. The lowest BCUT2D eigenvalue weighted by Gasteiger charge is -2.27. The van der Waals surface area contributed by atoms with Crippen molar-refractivity contribution in [1.29, 1.82) is 0 Å². The third-order valence-corrected chi connectivity index (χ3v) is 6.45. The van der Waals surface area contributed by atoms with Crippen molar-refractivity contribution in [3.05, 3.63) is 83.2 Å². The highest BCUT2D eigenvalue weighted by Gasteiger charge is 2.28. The Bertz CT molecular complexity index is 1300. The van der Waals surface area contributed by atoms with E-state index in [9.17, 15) is 19.5 Å². The van der Waals surface area contributed by atoms with Crippen molar-refractivity contribution in [2.24, 2.45) is 0 Å². The predicted molar refractivity (Wildman–Crippen MR) is 147 cm³/mol. The van der Waals surface area contributed by atoms with Crippen molar-refractivity contribution in [3.63, 3.8) is 0 Å². The van der Waals surface area contributed by atoms with Gasteiger partial charge in [-0.25, -0.2) is 0 Å². The highest BCUT2D eigenvalue weighted by atomic mass is 35.5. The van der Waals surface area contributed by atoms with Crippen LogP contribution in [0.2, 0.25) is 0 Å². The summed E-state index contributed by atoms with van der Waals surface area (Å²) in [4.78, 5) is 42.9. The largest absolute Gasteiger partial charge is 0.507 e. The van der Waals surface area contributed by atoms with E-state index < -0.39 is 5.78 Å². The smallest absolute Gasteiger partial charge is 0.251 e. The lowest BCUT2D eigenvalue weighted by Crippen LogP contribution is -2.54. The molecule has 1 fully saturated rings. The van der Waals surface area contributed by atoms with Gasteiger partial charge >= 0.3 is 0 Å². The van der Waals surface area contributed by atoms with E-state index in [2.05, 4.69) is 20.9 Å². The molecule has 1 aliphatic rings. The van der Waals surface area contributed by atoms with E-state index in [1.165, 1.54) is 38.5 Å². The molecule has 1 saturated heterocycles. The number of aromatic nitrogens is 1. The molecular formula is C28H31ClN4O6. The zero-order valence-electron chi connectivity index (χ0n) is 21.6. The van der Waals surface area contributed by atoms with Crippen LogP contribution in [0.25, 0.3) is 0 Å². The summed E-state index contributed by atoms with van der Waals surface area (Å²) in [6.07, 6.45) is 4.64. The number of benzene rings is 2. The van der Waals surface area contributed by atoms with Crippen LogP contribution in [-0.2, 0) is 0 Å². The van der Waals surface area contributed by atoms with E-state index in [4.69, 9.17) is 9.47 Å². The molecule has 1 aliphatic heterocycles. The molecule has 4 N–H and O–H groups in total. The minimum atomic E-state index is -0.473. The Morgan fingerprint density at radius 2 is 1.49 bits per heavy atom. The van der Waals surface area contributed by atoms with Gasteiger partial charge in [-0.1, -0.05) is 12.1 Å². The number of phenols is 1. The third kappa shape index (κ3) is 6.84. The van der Waals surface area contributed by atoms with Crippen molar-refractivity contribution >= 4 is 30.0 Å². The summed E-state index contributed by atoms with van der Waals surface area (Å²) in [5.74, 6) is -0.829. The van der Waals surface area contributed by atoms with Crippen molar-refractivity contribution in [3.8, 4) is 17.2 Å². The molecule has 4 rings (SSSR count). The Labute approximate surface area is 232 Å². The summed E-state index contributed by atoms with van der Waals surface area (Å²) in [6.45, 7) is 1.30. The lowest BCUT2D eigenvalue weighted by atomic mass is 9.99. The number of ketones is 1. The van der Waals surface area contributed by atoms with Crippen LogP contribution in [0.4, 0.5) is 0 Å². The van der Waals surface area contributed by atoms with Crippen molar-refractivity contribution in [1.82, 2.24) is 20.9 Å². The van der Waals surface area contributed by atoms with Crippen molar-refractivity contribution in [2.45, 2.75) is 24.9 Å². The molecule has 3 aromatic rings. The fourth-order valence-electron chi connectivity index (χ4n) is 4.43. The minimum absolute atomic E-state index is 0. The molecule has 0 aliphatic carbocycles. The second kappa shape index (κ2) is 13.6. The number of methoxy groups -OCH3 is 2. The number of aromatic hydroxyl groups is 1. The number of phenolic OH excluding ortho intramolecular Hbond substituents is 1. The molecule has 11 heteroatoms. The standard InChI is InChI=1S/C28H30N4O6.ClH/c1-37-23-10-9-22(33)24(26(23)38-2)25(34)17-5-7-18(8-6-17)27(35)31-20-4-3-13-30-16-21(20)32-28(36)19-11-14-29-15-12-19;/h5-12,14-15,20-21,30,33H,3-4,13,16H2,1-2H3,(H,31,35)(H,32,36);1H/t20-,21-;/m1./s1. The van der Waals surface area contributed by atoms with Crippen LogP contribution < -0.4 is 25.4 Å². The van der Waals surface area contributed by atoms with Crippen molar-refractivity contribution < 1.29 is 29.0 Å². The normalized spacial score (nSPS) is 16.7. The second-order valence-electron chi connectivity index (χ2n) is 8.84. The summed E-state index contributed by atoms with van der Waals surface area (Å²) in [7, 11) is 2.83. The molecule has 0 saturated carbocycles. The number of pyridine rings is 1. The summed E-state index contributed by atoms with van der Waals surface area (Å²) < 4.78 is 10.5. The highest BCUT2D eigenvalue weighted by molar-refractivity contribution is 6.13. The molecule has 1 aromatic heterocycles. The first-order chi connectivity index (χ1) is 18.4. The van der Waals surface area contributed by atoms with E-state index in [1.54, 1.807) is 36.7 Å². The first-order valence-corrected chi connectivity index (χ1v) is 12.2. The van der Waals surface area contributed by atoms with Crippen LogP contribution >= 0.6 is 12.4 Å². The van der Waals surface area contributed by atoms with E-state index in [0.717, 1.165) is 13.0 Å². The molecule has 2 heterocycles. The van der Waals surface area contributed by atoms with Gasteiger partial charge in [-0.2, -0.15) is 0 Å². The van der Waals surface area contributed by atoms with Gasteiger partial charge < -0.3 is 30.5 Å². The third-order valence-electron chi connectivity index (χ3n) is 6.45. The molecule has 2 aromatic carbocycles. The Morgan fingerprint density at radius 3 is 2.13 bits per heavy atom. The number of amides is 2. The van der Waals surface area contributed by atoms with Crippen LogP contribution in [0.3, 0.4) is 0 Å². The molecule has 2 atom stereocenters. The van der Waals surface area contributed by atoms with Gasteiger partial charge in [0.2, 0.25) is 5.78 Å². The molecule has 0 radical (unpaired) electrons. The Balaban J connectivity index is 0.00000420. The molecule has 0 bridgehead atoms. The maximum Gasteiger partial charge on any atom is 0.251 e. The van der Waals surface area contributed by atoms with Crippen LogP contribution in [-0.4, -0.2) is 67.1 Å². The fourth-order valence-corrected chi connectivity index (χ4v) is 4.43. The van der Waals surface area contributed by atoms with Crippen LogP contribution in [0.1, 0.15) is 49.5 Å². The van der Waals surface area contributed by atoms with Crippen LogP contribution in [0, 0.1) is 0 Å². The van der Waals surface area contributed by atoms with E-state index in [1.807, 2.05) is 0 Å². The SMILES string of the molecule is COc1ccc(O)c(C(=O)c2ccc(C(=O)N[C@@H]3CCCNC[C@H]3NC(=O)c3ccncc3)cc2)c1OC.Cl. The number of ether oxygens (including phenoxy) is 2. The number of hydrogen-bond acceptors (Lipinski definition) is 8. The monoisotopic (exact) mass is 554 g/mol. The number of nitrogens with one attached hydrogen (secondary N) is 3. The summed E-state index contributed by atoms with van der Waals surface area (Å²) in [5.41, 5.74) is 1.10. The van der Waals surface area contributed by atoms with Gasteiger partial charge in [0.1, 0.15) is 11.3 Å². The van der Waals surface area contributed by atoms with Gasteiger partial charge in [-0.15, -0.1) is 12.4 Å². The predicted octanol–water partition coefficient (Wildman–Crippen LogP) is 2.74. The number of halogens is 1. The zero-order chi connectivity index (χ0) is 27.1. The summed E-state index contributed by atoms with van der Waals surface area (Å²) in [5, 5.41) is 19.7. The number of nitrogens with zero attached hydrogens (tertiary/aromatic N) is 1. The molecule has 0 unspecified atom stereocenters. The van der Waals surface area contributed by atoms with Crippen LogP contribution in [0.5, 0.6) is 17.2 Å². The van der Waals surface area contributed by atoms with Gasteiger partial charge in [0.25, 0.3) is 11.8 Å². The van der Waals surface area contributed by atoms with Gasteiger partial charge in [0.05, 0.1) is 26.3 Å². The number of carbonyl (C=O) groups is 3. The van der Waals surface area contributed by atoms with Crippen molar-refractivity contribution in [2.75, 3.05) is 27.3 Å². The fraction of sp³-hybridized carbons (Fsp3) is 0.286. The molecule has 39 heavy (non-hydrogen) atoms. The Morgan fingerprint density at radius 1 is 0.872 bits per heavy atom. The number of rotatable bonds is 8. The van der Waals surface area contributed by atoms with E-state index in [-0.39, 0.29) is 58.9 Å². The average Bonchev–Trinajstić information content (AvgIpc) is 3.17. The lowest BCUT2D eigenvalue weighted by molar-refractivity contribution is 0.0882. The first kappa shape index (κ1) is 29.4. The van der Waals surface area contributed by atoms with Crippen LogP contribution in [0.15, 0.2) is 60.9 Å². The summed E-state index contributed by atoms with van der Waals surface area (Å²) >= 11 is 0.